The van der Waals surface area contributed by atoms with Crippen LogP contribution in [0, 0.1) is 0 Å². The minimum atomic E-state index is -4.77. The number of nitrogens with zero attached hydrogens (tertiary/aromatic N) is 2. The van der Waals surface area contributed by atoms with E-state index in [1.807, 2.05) is 33.8 Å². The predicted molar refractivity (Wildman–Crippen MR) is 127 cm³/mol. The lowest BCUT2D eigenvalue weighted by Gasteiger charge is -2.46. The number of aliphatic carboxylic acids is 1. The topological polar surface area (TPSA) is 94.8 Å². The Kier molecular flexibility index (Phi) is 6.54. The molecule has 0 amide bonds. The third-order valence-corrected chi connectivity index (χ3v) is 5.74. The Labute approximate surface area is 206 Å². The summed E-state index contributed by atoms with van der Waals surface area (Å²) in [6.07, 6.45) is -3.37. The molecule has 0 atom stereocenters. The smallest absolute Gasteiger partial charge is 0.482 e. The number of benzene rings is 2. The highest BCUT2D eigenvalue weighted by molar-refractivity contribution is 5.81. The van der Waals surface area contributed by atoms with Crippen molar-refractivity contribution in [3.05, 3.63) is 42.5 Å². The van der Waals surface area contributed by atoms with E-state index in [0.717, 1.165) is 5.52 Å². The van der Waals surface area contributed by atoms with Gasteiger partial charge in [0.15, 0.2) is 6.61 Å². The van der Waals surface area contributed by atoms with Gasteiger partial charge in [0.05, 0.1) is 22.2 Å². The molecule has 194 valence electrons. The molecule has 0 spiro atoms. The summed E-state index contributed by atoms with van der Waals surface area (Å²) in [5, 5.41) is 12.1. The molecule has 3 aromatic rings. The standard InChI is InChI=1S/C25H28F3N3O5/c1-23(2)12-16(13-24(3,4)36-23)31-20-10-9-18(34-14-21(32)33)11-19(20)30-22(31)29-15-5-7-17(8-6-15)35-25(26,27)28/h5-11,16H,12-14H2,1-4H3,(H,29,30)(H,32,33). The fraction of sp³-hybridized carbons (Fsp3) is 0.440. The molecule has 0 aliphatic carbocycles. The molecule has 2 heterocycles. The summed E-state index contributed by atoms with van der Waals surface area (Å²) < 4.78 is 55.1. The van der Waals surface area contributed by atoms with Crippen molar-refractivity contribution in [2.45, 2.75) is 64.1 Å². The van der Waals surface area contributed by atoms with Gasteiger partial charge in [-0.05, 0) is 76.9 Å². The summed E-state index contributed by atoms with van der Waals surface area (Å²) in [5.74, 6) is -0.562. The summed E-state index contributed by atoms with van der Waals surface area (Å²) in [6.45, 7) is 7.65. The van der Waals surface area contributed by atoms with Crippen molar-refractivity contribution < 1.29 is 37.3 Å². The van der Waals surface area contributed by atoms with Crippen molar-refractivity contribution in [2.24, 2.45) is 0 Å². The molecule has 4 rings (SSSR count). The fourth-order valence-electron chi connectivity index (χ4n) is 4.86. The molecule has 1 fully saturated rings. The molecule has 2 aromatic carbocycles. The van der Waals surface area contributed by atoms with Gasteiger partial charge in [-0.2, -0.15) is 0 Å². The normalized spacial score (nSPS) is 17.6. The molecule has 36 heavy (non-hydrogen) atoms. The maximum Gasteiger partial charge on any atom is 0.573 e. The van der Waals surface area contributed by atoms with Gasteiger partial charge in [0.25, 0.3) is 0 Å². The van der Waals surface area contributed by atoms with Gasteiger partial charge >= 0.3 is 12.3 Å². The second-order valence-corrected chi connectivity index (χ2v) is 10.0. The molecule has 2 N–H and O–H groups in total. The van der Waals surface area contributed by atoms with Crippen LogP contribution in [0.2, 0.25) is 0 Å². The molecule has 0 bridgehead atoms. The summed E-state index contributed by atoms with van der Waals surface area (Å²) >= 11 is 0. The average Bonchev–Trinajstić information content (AvgIpc) is 3.07. The highest BCUT2D eigenvalue weighted by atomic mass is 19.4. The van der Waals surface area contributed by atoms with Gasteiger partial charge in [0.1, 0.15) is 11.5 Å². The van der Waals surface area contributed by atoms with Crippen LogP contribution in [0.3, 0.4) is 0 Å². The van der Waals surface area contributed by atoms with E-state index in [0.29, 0.717) is 35.7 Å². The Bertz CT molecular complexity index is 1240. The van der Waals surface area contributed by atoms with Crippen LogP contribution in [0.5, 0.6) is 11.5 Å². The zero-order valence-corrected chi connectivity index (χ0v) is 20.3. The molecule has 1 aliphatic rings. The molecule has 1 aromatic heterocycles. The van der Waals surface area contributed by atoms with E-state index < -0.39 is 30.1 Å². The first-order chi connectivity index (χ1) is 16.7. The molecule has 8 nitrogen and oxygen atoms in total. The summed E-state index contributed by atoms with van der Waals surface area (Å²) in [4.78, 5) is 15.6. The van der Waals surface area contributed by atoms with Crippen LogP contribution in [-0.2, 0) is 9.53 Å². The summed E-state index contributed by atoms with van der Waals surface area (Å²) in [6, 6.07) is 10.6. The van der Waals surface area contributed by atoms with E-state index in [2.05, 4.69) is 14.6 Å². The number of fused-ring (bicyclic) bond motifs is 1. The molecule has 0 radical (unpaired) electrons. The monoisotopic (exact) mass is 507 g/mol. The van der Waals surface area contributed by atoms with Crippen molar-refractivity contribution in [3.63, 3.8) is 0 Å². The van der Waals surface area contributed by atoms with E-state index in [4.69, 9.17) is 19.6 Å². The lowest BCUT2D eigenvalue weighted by molar-refractivity contribution is -0.274. The first kappa shape index (κ1) is 25.6. The second kappa shape index (κ2) is 9.20. The maximum absolute atomic E-state index is 12.5. The average molecular weight is 508 g/mol. The van der Waals surface area contributed by atoms with E-state index in [-0.39, 0.29) is 11.8 Å². The number of rotatable bonds is 7. The predicted octanol–water partition coefficient (Wildman–Crippen LogP) is 6.05. The number of halogens is 3. The van der Waals surface area contributed by atoms with Crippen LogP contribution in [-0.4, -0.2) is 44.8 Å². The Morgan fingerprint density at radius 2 is 1.72 bits per heavy atom. The Morgan fingerprint density at radius 1 is 1.11 bits per heavy atom. The van der Waals surface area contributed by atoms with Crippen LogP contribution < -0.4 is 14.8 Å². The van der Waals surface area contributed by atoms with Crippen LogP contribution >= 0.6 is 0 Å². The van der Waals surface area contributed by atoms with Gasteiger partial charge in [-0.1, -0.05) is 0 Å². The zero-order chi connectivity index (χ0) is 26.3. The van der Waals surface area contributed by atoms with E-state index in [1.165, 1.54) is 24.3 Å². The number of carboxylic acids is 1. The first-order valence-electron chi connectivity index (χ1n) is 11.4. The third-order valence-electron chi connectivity index (χ3n) is 5.74. The number of anilines is 2. The number of nitrogens with one attached hydrogen (secondary N) is 1. The first-order valence-corrected chi connectivity index (χ1v) is 11.4. The van der Waals surface area contributed by atoms with E-state index >= 15 is 0 Å². The van der Waals surface area contributed by atoms with Crippen molar-refractivity contribution in [1.82, 2.24) is 9.55 Å². The minimum Gasteiger partial charge on any atom is -0.482 e. The number of alkyl halides is 3. The van der Waals surface area contributed by atoms with Crippen LogP contribution in [0.15, 0.2) is 42.5 Å². The highest BCUT2D eigenvalue weighted by Gasteiger charge is 2.41. The van der Waals surface area contributed by atoms with Crippen LogP contribution in [0.4, 0.5) is 24.8 Å². The molecule has 0 saturated carbocycles. The van der Waals surface area contributed by atoms with Gasteiger partial charge in [-0.3, -0.25) is 0 Å². The van der Waals surface area contributed by atoms with Crippen molar-refractivity contribution in [3.8, 4) is 11.5 Å². The largest absolute Gasteiger partial charge is 0.573 e. The summed E-state index contributed by atoms with van der Waals surface area (Å²) in [7, 11) is 0. The van der Waals surface area contributed by atoms with Gasteiger partial charge in [-0.15, -0.1) is 13.2 Å². The summed E-state index contributed by atoms with van der Waals surface area (Å²) in [5.41, 5.74) is 1.10. The molecule has 11 heteroatoms. The SMILES string of the molecule is CC1(C)CC(n2c(Nc3ccc(OC(F)(F)F)cc3)nc3cc(OCC(=O)O)ccc32)CC(C)(C)O1. The molecule has 1 saturated heterocycles. The number of carboxylic acid groups (broad SMARTS) is 1. The van der Waals surface area contributed by atoms with Gasteiger partial charge in [0, 0.05) is 17.8 Å². The molecule has 1 aliphatic heterocycles. The quantitative estimate of drug-likeness (QED) is 0.402. The van der Waals surface area contributed by atoms with Gasteiger partial charge < -0.3 is 29.2 Å². The van der Waals surface area contributed by atoms with Gasteiger partial charge in [-0.25, -0.2) is 9.78 Å². The lowest BCUT2D eigenvalue weighted by Crippen LogP contribution is -2.45. The van der Waals surface area contributed by atoms with Crippen LogP contribution in [0.1, 0.15) is 46.6 Å². The van der Waals surface area contributed by atoms with Crippen molar-refractivity contribution >= 4 is 28.6 Å². The zero-order valence-electron chi connectivity index (χ0n) is 20.3. The number of hydrogen-bond acceptors (Lipinski definition) is 6. The number of aromatic nitrogens is 2. The Morgan fingerprint density at radius 3 is 2.31 bits per heavy atom. The third kappa shape index (κ3) is 6.20. The van der Waals surface area contributed by atoms with Crippen LogP contribution in [0.25, 0.3) is 11.0 Å². The van der Waals surface area contributed by atoms with Crippen molar-refractivity contribution in [1.29, 1.82) is 0 Å². The number of imidazole rings is 1. The maximum atomic E-state index is 12.5. The number of hydrogen-bond donors (Lipinski definition) is 2. The van der Waals surface area contributed by atoms with Gasteiger partial charge in [0.2, 0.25) is 5.95 Å². The molecular weight excluding hydrogens is 479 g/mol. The lowest BCUT2D eigenvalue weighted by atomic mass is 9.85. The molecule has 0 unspecified atom stereocenters. The van der Waals surface area contributed by atoms with Crippen molar-refractivity contribution in [2.75, 3.05) is 11.9 Å². The fourth-order valence-corrected chi connectivity index (χ4v) is 4.86. The number of ether oxygens (including phenoxy) is 3. The number of carbonyl (C=O) groups is 1. The Hall–Kier alpha value is -3.47. The van der Waals surface area contributed by atoms with E-state index in [9.17, 15) is 18.0 Å². The molecular formula is C25H28F3N3O5. The Balaban J connectivity index is 1.72. The van der Waals surface area contributed by atoms with E-state index in [1.54, 1.807) is 12.1 Å². The highest BCUT2D eigenvalue weighted by Crippen LogP contribution is 2.44. The second-order valence-electron chi connectivity index (χ2n) is 10.0. The minimum absolute atomic E-state index is 0.00475.